The number of hydrogen-bond acceptors (Lipinski definition) is 4. The number of amides is 1. The van der Waals surface area contributed by atoms with Gasteiger partial charge in [-0.2, -0.15) is 0 Å². The van der Waals surface area contributed by atoms with Gasteiger partial charge >= 0.3 is 0 Å². The third-order valence-corrected chi connectivity index (χ3v) is 4.79. The van der Waals surface area contributed by atoms with Gasteiger partial charge in [-0.25, -0.2) is 4.39 Å². The molecule has 1 aromatic heterocycles. The fourth-order valence-electron chi connectivity index (χ4n) is 2.56. The molecule has 7 heteroatoms. The van der Waals surface area contributed by atoms with Gasteiger partial charge in [-0.05, 0) is 34.7 Å². The van der Waals surface area contributed by atoms with Crippen LogP contribution in [0, 0.1) is 15.9 Å². The number of carbonyl (C=O) groups is 1. The normalized spacial score (nSPS) is 11.7. The molecule has 0 bridgehead atoms. The Kier molecular flexibility index (Phi) is 5.38. The number of thiophene rings is 1. The van der Waals surface area contributed by atoms with Crippen LogP contribution in [0.15, 0.2) is 66.0 Å². The molecule has 1 N–H and O–H groups in total. The van der Waals surface area contributed by atoms with Crippen LogP contribution in [0.2, 0.25) is 0 Å². The lowest BCUT2D eigenvalue weighted by molar-refractivity contribution is -0.384. The second-order valence-electron chi connectivity index (χ2n) is 5.67. The van der Waals surface area contributed by atoms with E-state index >= 15 is 0 Å². The zero-order valence-electron chi connectivity index (χ0n) is 13.6. The van der Waals surface area contributed by atoms with Crippen LogP contribution in [0.3, 0.4) is 0 Å². The van der Waals surface area contributed by atoms with Crippen molar-refractivity contribution in [2.75, 3.05) is 0 Å². The van der Waals surface area contributed by atoms with Crippen molar-refractivity contribution in [1.29, 1.82) is 0 Å². The van der Waals surface area contributed by atoms with Gasteiger partial charge in [-0.15, -0.1) is 11.3 Å². The fraction of sp³-hybridized carbons (Fsp3) is 0.105. The summed E-state index contributed by atoms with van der Waals surface area (Å²) in [5.41, 5.74) is 1.44. The molecule has 26 heavy (non-hydrogen) atoms. The summed E-state index contributed by atoms with van der Waals surface area (Å²) in [6.07, 6.45) is 0.0983. The van der Waals surface area contributed by atoms with Crippen LogP contribution in [-0.4, -0.2) is 10.8 Å². The van der Waals surface area contributed by atoms with Crippen molar-refractivity contribution in [2.24, 2.45) is 0 Å². The van der Waals surface area contributed by atoms with E-state index in [1.807, 2.05) is 17.5 Å². The molecule has 1 unspecified atom stereocenters. The second kappa shape index (κ2) is 7.88. The Bertz CT molecular complexity index is 894. The number of nitrogens with one attached hydrogen (secondary N) is 1. The van der Waals surface area contributed by atoms with Gasteiger partial charge in [0.05, 0.1) is 17.4 Å². The number of nitrogens with zero attached hydrogens (tertiary/aromatic N) is 1. The molecule has 0 saturated heterocycles. The molecule has 3 aromatic rings. The van der Waals surface area contributed by atoms with E-state index in [9.17, 15) is 19.3 Å². The maximum absolute atomic E-state index is 13.2. The minimum Gasteiger partial charge on any atom is -0.344 e. The first-order chi connectivity index (χ1) is 12.5. The van der Waals surface area contributed by atoms with E-state index in [0.717, 1.165) is 10.4 Å². The highest BCUT2D eigenvalue weighted by atomic mass is 32.1. The van der Waals surface area contributed by atoms with Crippen molar-refractivity contribution in [3.63, 3.8) is 0 Å². The predicted molar refractivity (Wildman–Crippen MR) is 97.5 cm³/mol. The van der Waals surface area contributed by atoms with Crippen LogP contribution < -0.4 is 5.32 Å². The summed E-state index contributed by atoms with van der Waals surface area (Å²) in [5.74, 6) is -0.558. The average Bonchev–Trinajstić information content (AvgIpc) is 3.15. The van der Waals surface area contributed by atoms with Crippen LogP contribution in [0.1, 0.15) is 22.0 Å². The molecule has 5 nitrogen and oxygen atoms in total. The number of nitro benzene ring substituents is 1. The molecular weight excluding hydrogens is 355 g/mol. The van der Waals surface area contributed by atoms with E-state index in [4.69, 9.17) is 0 Å². The highest BCUT2D eigenvalue weighted by Gasteiger charge is 2.18. The lowest BCUT2D eigenvalue weighted by Gasteiger charge is -2.18. The van der Waals surface area contributed by atoms with Crippen molar-refractivity contribution >= 4 is 22.9 Å². The topological polar surface area (TPSA) is 72.2 Å². The molecule has 0 fully saturated rings. The van der Waals surface area contributed by atoms with Gasteiger partial charge in [0.2, 0.25) is 5.91 Å². The molecule has 1 atom stereocenters. The Hall–Kier alpha value is -3.06. The monoisotopic (exact) mass is 370 g/mol. The van der Waals surface area contributed by atoms with Gasteiger partial charge in [0.15, 0.2) is 0 Å². The van der Waals surface area contributed by atoms with E-state index in [1.165, 1.54) is 35.6 Å². The molecule has 0 spiro atoms. The van der Waals surface area contributed by atoms with Crippen molar-refractivity contribution in [1.82, 2.24) is 5.32 Å². The number of halogens is 1. The third kappa shape index (κ3) is 4.31. The minimum absolute atomic E-state index is 0.0167. The Labute approximate surface area is 153 Å². The molecule has 0 aliphatic carbocycles. The van der Waals surface area contributed by atoms with Crippen LogP contribution in [0.5, 0.6) is 0 Å². The third-order valence-electron chi connectivity index (χ3n) is 3.85. The molecule has 0 aliphatic rings. The lowest BCUT2D eigenvalue weighted by atomic mass is 10.0. The summed E-state index contributed by atoms with van der Waals surface area (Å²) >= 11 is 1.50. The van der Waals surface area contributed by atoms with Gasteiger partial charge in [-0.3, -0.25) is 14.9 Å². The fourth-order valence-corrected chi connectivity index (χ4v) is 3.36. The standard InChI is InChI=1S/C19H15FN2O3S/c20-15-7-5-14(6-8-15)19(17-2-1-11-26-17)21-18(23)12-13-3-9-16(10-4-13)22(24)25/h1-11,19H,12H2,(H,21,23). The van der Waals surface area contributed by atoms with Crippen LogP contribution >= 0.6 is 11.3 Å². The number of benzene rings is 2. The summed E-state index contributed by atoms with van der Waals surface area (Å²) in [7, 11) is 0. The summed E-state index contributed by atoms with van der Waals surface area (Å²) in [6.45, 7) is 0. The summed E-state index contributed by atoms with van der Waals surface area (Å²) in [4.78, 5) is 23.6. The van der Waals surface area contributed by atoms with Crippen LogP contribution in [0.25, 0.3) is 0 Å². The second-order valence-corrected chi connectivity index (χ2v) is 6.65. The van der Waals surface area contributed by atoms with Gasteiger partial charge < -0.3 is 5.32 Å². The number of carbonyl (C=O) groups excluding carboxylic acids is 1. The van der Waals surface area contributed by atoms with Crippen molar-refractivity contribution in [3.8, 4) is 0 Å². The highest BCUT2D eigenvalue weighted by molar-refractivity contribution is 7.10. The molecule has 1 amide bonds. The quantitative estimate of drug-likeness (QED) is 0.521. The first kappa shape index (κ1) is 17.8. The molecular formula is C19H15FN2O3S. The van der Waals surface area contributed by atoms with Gasteiger partial charge in [0.25, 0.3) is 5.69 Å². The number of nitro groups is 1. The van der Waals surface area contributed by atoms with Gasteiger partial charge in [0.1, 0.15) is 5.82 Å². The Morgan fingerprint density at radius 2 is 1.81 bits per heavy atom. The molecule has 0 saturated carbocycles. The van der Waals surface area contributed by atoms with E-state index in [2.05, 4.69) is 5.32 Å². The molecule has 0 aliphatic heterocycles. The summed E-state index contributed by atoms with van der Waals surface area (Å²) in [6, 6.07) is 15.3. The minimum atomic E-state index is -0.481. The lowest BCUT2D eigenvalue weighted by Crippen LogP contribution is -2.30. The van der Waals surface area contributed by atoms with Crippen LogP contribution in [-0.2, 0) is 11.2 Å². The van der Waals surface area contributed by atoms with E-state index in [1.54, 1.807) is 24.3 Å². The SMILES string of the molecule is O=C(Cc1ccc([N+](=O)[O-])cc1)NC(c1ccc(F)cc1)c1cccs1. The van der Waals surface area contributed by atoms with Crippen molar-refractivity contribution in [3.05, 3.63) is 98.0 Å². The predicted octanol–water partition coefficient (Wildman–Crippen LogP) is 4.24. The Morgan fingerprint density at radius 1 is 1.12 bits per heavy atom. The first-order valence-corrected chi connectivity index (χ1v) is 8.72. The number of hydrogen-bond donors (Lipinski definition) is 1. The van der Waals surface area contributed by atoms with Crippen LogP contribution in [0.4, 0.5) is 10.1 Å². The molecule has 2 aromatic carbocycles. The van der Waals surface area contributed by atoms with E-state index in [0.29, 0.717) is 5.56 Å². The molecule has 132 valence electrons. The zero-order chi connectivity index (χ0) is 18.5. The van der Waals surface area contributed by atoms with Gasteiger partial charge in [0, 0.05) is 17.0 Å². The Balaban J connectivity index is 1.75. The van der Waals surface area contributed by atoms with Gasteiger partial charge in [-0.1, -0.05) is 30.3 Å². The smallest absolute Gasteiger partial charge is 0.269 e. The maximum atomic E-state index is 13.2. The van der Waals surface area contributed by atoms with Crippen molar-refractivity contribution in [2.45, 2.75) is 12.5 Å². The molecule has 1 heterocycles. The van der Waals surface area contributed by atoms with E-state index < -0.39 is 4.92 Å². The van der Waals surface area contributed by atoms with Crippen molar-refractivity contribution < 1.29 is 14.1 Å². The molecule has 3 rings (SSSR count). The largest absolute Gasteiger partial charge is 0.344 e. The molecule has 0 radical (unpaired) electrons. The Morgan fingerprint density at radius 3 is 2.38 bits per heavy atom. The van der Waals surface area contributed by atoms with E-state index in [-0.39, 0.29) is 29.9 Å². The zero-order valence-corrected chi connectivity index (χ0v) is 14.4. The summed E-state index contributed by atoms with van der Waals surface area (Å²) in [5, 5.41) is 15.6. The summed E-state index contributed by atoms with van der Waals surface area (Å²) < 4.78 is 13.2. The number of non-ortho nitro benzene ring substituents is 1. The first-order valence-electron chi connectivity index (χ1n) is 7.84. The average molecular weight is 370 g/mol. The maximum Gasteiger partial charge on any atom is 0.269 e. The highest BCUT2D eigenvalue weighted by Crippen LogP contribution is 2.26. The number of rotatable bonds is 6.